The summed E-state index contributed by atoms with van der Waals surface area (Å²) in [5, 5.41) is 39.2. The number of aromatic nitrogens is 2. The zero-order chi connectivity index (χ0) is 50.3. The predicted octanol–water partition coefficient (Wildman–Crippen LogP) is 8.56. The van der Waals surface area contributed by atoms with Crippen molar-refractivity contribution in [2.24, 2.45) is 0 Å². The van der Waals surface area contributed by atoms with Crippen LogP contribution in [-0.4, -0.2) is 101 Å². The van der Waals surface area contributed by atoms with Crippen molar-refractivity contribution in [3.05, 3.63) is 155 Å². The summed E-state index contributed by atoms with van der Waals surface area (Å²) in [6.45, 7) is 9.37. The Labute approximate surface area is 410 Å². The Morgan fingerprint density at radius 1 is 0.465 bits per heavy atom. The normalized spacial score (nSPS) is 13.1. The molecule has 8 rings (SSSR count). The van der Waals surface area contributed by atoms with Gasteiger partial charge in [0.25, 0.3) is 11.8 Å². The number of rotatable bonds is 10. The summed E-state index contributed by atoms with van der Waals surface area (Å²) in [6, 6.07) is 40.7. The van der Waals surface area contributed by atoms with E-state index in [1.807, 2.05) is 20.8 Å². The molecule has 0 radical (unpaired) electrons. The maximum atomic E-state index is 13.5. The molecule has 0 atom stereocenters. The highest BCUT2D eigenvalue weighted by Crippen LogP contribution is 2.32. The standard InChI is InChI=1S/C29H27N5O5.C24H19N5O3/c1-29(2,3)39-28(36)34-16-14-33(15-17-34)27(35)24-12-13-25(37-22-8-4-20(18-30)5-9-22)32-26(24)38-23-10-6-21(19-31)7-11-23;25-15-17-1-5-19(6-2-17)31-22-10-9-21(24(30)29-13-11-27-12-14-29)23(28-22)32-20-7-3-18(16-26)4-8-20/h4-13H,14-17H2,1-3H3;1-10,27H,11-14H2. The zero-order valence-corrected chi connectivity index (χ0v) is 39.0. The van der Waals surface area contributed by atoms with Crippen LogP contribution in [-0.2, 0) is 4.74 Å². The highest BCUT2D eigenvalue weighted by Gasteiger charge is 2.30. The SMILES string of the molecule is CC(C)(C)OC(=O)N1CCN(C(=O)c2ccc(Oc3ccc(C#N)cc3)nc2Oc2ccc(C#N)cc2)CC1.N#Cc1ccc(Oc2ccc(C(=O)N3CCNCC3)c(Oc3ccc(C#N)cc3)n2)cc1. The maximum absolute atomic E-state index is 13.5. The van der Waals surface area contributed by atoms with Crippen molar-refractivity contribution >= 4 is 17.9 Å². The molecule has 4 heterocycles. The molecule has 0 spiro atoms. The third-order valence-electron chi connectivity index (χ3n) is 10.6. The molecule has 0 unspecified atom stereocenters. The Balaban J connectivity index is 0.000000213. The second-order valence-corrected chi connectivity index (χ2v) is 16.8. The molecule has 0 saturated carbocycles. The van der Waals surface area contributed by atoms with Crippen molar-refractivity contribution in [1.82, 2.24) is 30.0 Å². The summed E-state index contributed by atoms with van der Waals surface area (Å²) < 4.78 is 29.0. The molecular weight excluding hydrogens is 905 g/mol. The van der Waals surface area contributed by atoms with Gasteiger partial charge in [-0.3, -0.25) is 9.59 Å². The first kappa shape index (κ1) is 49.4. The Bertz CT molecular complexity index is 3030. The van der Waals surface area contributed by atoms with Gasteiger partial charge in [-0.2, -0.15) is 31.0 Å². The zero-order valence-electron chi connectivity index (χ0n) is 39.0. The van der Waals surface area contributed by atoms with Gasteiger partial charge >= 0.3 is 6.09 Å². The second kappa shape index (κ2) is 23.0. The van der Waals surface area contributed by atoms with Crippen molar-refractivity contribution < 1.29 is 38.1 Å². The van der Waals surface area contributed by atoms with Gasteiger partial charge in [-0.15, -0.1) is 0 Å². The summed E-state index contributed by atoms with van der Waals surface area (Å²) in [5.41, 5.74) is 1.92. The van der Waals surface area contributed by atoms with E-state index in [1.54, 1.807) is 136 Å². The first-order valence-corrected chi connectivity index (χ1v) is 22.3. The molecule has 2 saturated heterocycles. The molecular formula is C53H46N10O8. The van der Waals surface area contributed by atoms with Gasteiger partial charge in [-0.05, 0) is 130 Å². The number of amides is 3. The highest BCUT2D eigenvalue weighted by molar-refractivity contribution is 5.97. The number of piperazine rings is 2. The van der Waals surface area contributed by atoms with Crippen molar-refractivity contribution in [3.8, 4) is 70.8 Å². The largest absolute Gasteiger partial charge is 0.444 e. The maximum Gasteiger partial charge on any atom is 0.410 e. The monoisotopic (exact) mass is 950 g/mol. The van der Waals surface area contributed by atoms with Crippen LogP contribution < -0.4 is 24.3 Å². The molecule has 18 nitrogen and oxygen atoms in total. The van der Waals surface area contributed by atoms with Gasteiger partial charge in [-0.25, -0.2) is 4.79 Å². The van der Waals surface area contributed by atoms with E-state index in [0.717, 1.165) is 13.1 Å². The number of carbonyl (C=O) groups excluding carboxylic acids is 3. The van der Waals surface area contributed by atoms with E-state index >= 15 is 0 Å². The van der Waals surface area contributed by atoms with Gasteiger partial charge in [-0.1, -0.05) is 0 Å². The Kier molecular flexibility index (Phi) is 16.0. The fourth-order valence-electron chi connectivity index (χ4n) is 6.92. The van der Waals surface area contributed by atoms with Gasteiger partial charge in [0, 0.05) is 64.5 Å². The number of hydrogen-bond acceptors (Lipinski definition) is 15. The van der Waals surface area contributed by atoms with Crippen molar-refractivity contribution in [1.29, 1.82) is 21.0 Å². The van der Waals surface area contributed by atoms with E-state index in [1.165, 1.54) is 0 Å². The number of benzene rings is 4. The molecule has 4 aromatic carbocycles. The smallest absolute Gasteiger partial charge is 0.410 e. The van der Waals surface area contributed by atoms with Crippen LogP contribution in [0.5, 0.6) is 46.5 Å². The average molecular weight is 951 g/mol. The number of nitrogens with one attached hydrogen (secondary N) is 1. The number of pyridine rings is 2. The van der Waals surface area contributed by atoms with E-state index in [4.69, 9.17) is 44.7 Å². The van der Waals surface area contributed by atoms with E-state index < -0.39 is 11.7 Å². The minimum absolute atomic E-state index is 0.0328. The molecule has 18 heteroatoms. The molecule has 2 fully saturated rings. The van der Waals surface area contributed by atoms with E-state index in [0.29, 0.717) is 90.1 Å². The van der Waals surface area contributed by atoms with Gasteiger partial charge in [0.2, 0.25) is 23.5 Å². The summed E-state index contributed by atoms with van der Waals surface area (Å²) >= 11 is 0. The molecule has 0 aliphatic carbocycles. The van der Waals surface area contributed by atoms with Crippen molar-refractivity contribution in [3.63, 3.8) is 0 Å². The van der Waals surface area contributed by atoms with Crippen LogP contribution in [0.25, 0.3) is 0 Å². The quantitative estimate of drug-likeness (QED) is 0.135. The topological polar surface area (TPSA) is 240 Å². The number of nitrogens with zero attached hydrogens (tertiary/aromatic N) is 9. The molecule has 3 amide bonds. The summed E-state index contributed by atoms with van der Waals surface area (Å²) in [6.07, 6.45) is -0.412. The lowest BCUT2D eigenvalue weighted by Crippen LogP contribution is -2.51. The lowest BCUT2D eigenvalue weighted by molar-refractivity contribution is 0.0140. The predicted molar refractivity (Wildman–Crippen MR) is 256 cm³/mol. The Morgan fingerprint density at radius 3 is 1.13 bits per heavy atom. The first-order chi connectivity index (χ1) is 34.3. The number of hydrogen-bond donors (Lipinski definition) is 1. The average Bonchev–Trinajstić information content (AvgIpc) is 3.39. The van der Waals surface area contributed by atoms with Crippen LogP contribution in [0.3, 0.4) is 0 Å². The Morgan fingerprint density at radius 2 is 0.789 bits per heavy atom. The van der Waals surface area contributed by atoms with Crippen molar-refractivity contribution in [2.75, 3.05) is 52.4 Å². The Hall–Kier alpha value is -9.49. The summed E-state index contributed by atoms with van der Waals surface area (Å²) in [4.78, 5) is 52.9. The van der Waals surface area contributed by atoms with E-state index in [-0.39, 0.29) is 40.9 Å². The van der Waals surface area contributed by atoms with Crippen LogP contribution >= 0.6 is 0 Å². The van der Waals surface area contributed by atoms with Gasteiger partial charge in [0.1, 0.15) is 39.7 Å². The molecule has 71 heavy (non-hydrogen) atoms. The van der Waals surface area contributed by atoms with Crippen LogP contribution in [0, 0.1) is 45.3 Å². The molecule has 0 bridgehead atoms. The summed E-state index contributed by atoms with van der Waals surface area (Å²) in [7, 11) is 0. The molecule has 2 aliphatic rings. The molecule has 2 aliphatic heterocycles. The molecule has 6 aromatic rings. The van der Waals surface area contributed by atoms with Crippen LogP contribution in [0.2, 0.25) is 0 Å². The summed E-state index contributed by atoms with van der Waals surface area (Å²) in [5.74, 6) is 1.90. The highest BCUT2D eigenvalue weighted by atomic mass is 16.6. The molecule has 2 aromatic heterocycles. The third kappa shape index (κ3) is 13.6. The molecule has 1 N–H and O–H groups in total. The first-order valence-electron chi connectivity index (χ1n) is 22.3. The van der Waals surface area contributed by atoms with Gasteiger partial charge in [0.05, 0.1) is 46.5 Å². The molecule has 356 valence electrons. The van der Waals surface area contributed by atoms with Crippen LogP contribution in [0.4, 0.5) is 4.79 Å². The lowest BCUT2D eigenvalue weighted by Gasteiger charge is -2.35. The number of nitriles is 4. The fraction of sp³-hybridized carbons (Fsp3) is 0.226. The third-order valence-corrected chi connectivity index (χ3v) is 10.6. The minimum Gasteiger partial charge on any atom is -0.444 e. The van der Waals surface area contributed by atoms with Crippen LogP contribution in [0.15, 0.2) is 121 Å². The lowest BCUT2D eigenvalue weighted by atomic mass is 10.2. The fourth-order valence-corrected chi connectivity index (χ4v) is 6.92. The van der Waals surface area contributed by atoms with E-state index in [2.05, 4.69) is 39.6 Å². The minimum atomic E-state index is -0.602. The van der Waals surface area contributed by atoms with Gasteiger partial charge in [0.15, 0.2) is 0 Å². The number of ether oxygens (including phenoxy) is 5. The number of carbonyl (C=O) groups is 3. The second-order valence-electron chi connectivity index (χ2n) is 16.8. The van der Waals surface area contributed by atoms with Crippen molar-refractivity contribution in [2.45, 2.75) is 26.4 Å². The van der Waals surface area contributed by atoms with E-state index in [9.17, 15) is 14.4 Å². The van der Waals surface area contributed by atoms with Crippen LogP contribution in [0.1, 0.15) is 63.7 Å². The van der Waals surface area contributed by atoms with Gasteiger partial charge < -0.3 is 43.7 Å².